The maximum Gasteiger partial charge on any atom is 0.227 e. The summed E-state index contributed by atoms with van der Waals surface area (Å²) in [7, 11) is 0. The van der Waals surface area contributed by atoms with Crippen molar-refractivity contribution in [3.05, 3.63) is 71.6 Å². The van der Waals surface area contributed by atoms with E-state index >= 15 is 0 Å². The predicted molar refractivity (Wildman–Crippen MR) is 87.8 cm³/mol. The van der Waals surface area contributed by atoms with Crippen molar-refractivity contribution in [3.63, 3.8) is 0 Å². The Balaban J connectivity index is 1.80. The number of rotatable bonds is 4. The van der Waals surface area contributed by atoms with Crippen LogP contribution in [0.15, 0.2) is 54.6 Å². The number of anilines is 1. The molecular weight excluding hydrogens is 293 g/mol. The zero-order valence-corrected chi connectivity index (χ0v) is 12.5. The Labute approximate surface area is 134 Å². The quantitative estimate of drug-likeness (QED) is 0.635. The van der Waals surface area contributed by atoms with Gasteiger partial charge in [0.15, 0.2) is 5.78 Å². The van der Waals surface area contributed by atoms with Gasteiger partial charge in [-0.2, -0.15) is 0 Å². The molecule has 0 aromatic heterocycles. The molecule has 2 aromatic carbocycles. The highest BCUT2D eigenvalue weighted by molar-refractivity contribution is 6.08. The summed E-state index contributed by atoms with van der Waals surface area (Å²) in [6.45, 7) is 0.682. The third kappa shape index (κ3) is 3.37. The topological polar surface area (TPSA) is 37.4 Å². The summed E-state index contributed by atoms with van der Waals surface area (Å²) in [5.74, 6) is -0.508. The molecule has 0 spiro atoms. The van der Waals surface area contributed by atoms with Crippen LogP contribution >= 0.6 is 0 Å². The molecule has 1 aliphatic rings. The molecule has 0 radical (unpaired) electrons. The van der Waals surface area contributed by atoms with Crippen LogP contribution in [0.4, 0.5) is 10.1 Å². The van der Waals surface area contributed by atoms with Crippen LogP contribution in [0.5, 0.6) is 0 Å². The Morgan fingerprint density at radius 3 is 2.70 bits per heavy atom. The van der Waals surface area contributed by atoms with Gasteiger partial charge in [0.25, 0.3) is 0 Å². The van der Waals surface area contributed by atoms with Crippen LogP contribution < -0.4 is 4.90 Å². The third-order valence-electron chi connectivity index (χ3n) is 3.84. The number of amides is 1. The maximum atomic E-state index is 13.5. The van der Waals surface area contributed by atoms with E-state index < -0.39 is 0 Å². The molecule has 1 fully saturated rings. The van der Waals surface area contributed by atoms with E-state index in [0.717, 1.165) is 12.1 Å². The Kier molecular flexibility index (Phi) is 4.33. The van der Waals surface area contributed by atoms with E-state index in [-0.39, 0.29) is 17.5 Å². The van der Waals surface area contributed by atoms with Crippen molar-refractivity contribution in [1.29, 1.82) is 0 Å². The van der Waals surface area contributed by atoms with Gasteiger partial charge in [0.05, 0.1) is 0 Å². The van der Waals surface area contributed by atoms with E-state index in [1.807, 2.05) is 6.07 Å². The number of benzene rings is 2. The Hall–Kier alpha value is -2.75. The lowest BCUT2D eigenvalue weighted by atomic mass is 10.1. The van der Waals surface area contributed by atoms with Crippen molar-refractivity contribution in [3.8, 4) is 0 Å². The van der Waals surface area contributed by atoms with Gasteiger partial charge in [-0.05, 0) is 36.8 Å². The van der Waals surface area contributed by atoms with E-state index in [2.05, 4.69) is 0 Å². The molecule has 0 saturated carbocycles. The molecule has 1 aliphatic heterocycles. The Morgan fingerprint density at radius 2 is 1.96 bits per heavy atom. The molecule has 0 aliphatic carbocycles. The van der Waals surface area contributed by atoms with Gasteiger partial charge in [-0.15, -0.1) is 0 Å². The smallest absolute Gasteiger partial charge is 0.227 e. The Bertz CT molecular complexity index is 782. The second-order valence-corrected chi connectivity index (χ2v) is 5.42. The third-order valence-corrected chi connectivity index (χ3v) is 3.84. The van der Waals surface area contributed by atoms with Crippen LogP contribution in [0, 0.1) is 5.82 Å². The fraction of sp³-hybridized carbons (Fsp3) is 0.158. The summed E-state index contributed by atoms with van der Waals surface area (Å²) in [4.78, 5) is 25.7. The summed E-state index contributed by atoms with van der Waals surface area (Å²) < 4.78 is 13.5. The summed E-state index contributed by atoms with van der Waals surface area (Å²) in [6.07, 6.45) is 4.20. The molecule has 0 unspecified atom stereocenters. The summed E-state index contributed by atoms with van der Waals surface area (Å²) in [5.41, 5.74) is 1.58. The van der Waals surface area contributed by atoms with Crippen molar-refractivity contribution in [1.82, 2.24) is 0 Å². The van der Waals surface area contributed by atoms with Gasteiger partial charge in [-0.1, -0.05) is 30.3 Å². The van der Waals surface area contributed by atoms with E-state index in [4.69, 9.17) is 0 Å². The number of ketones is 1. The lowest BCUT2D eigenvalue weighted by Gasteiger charge is -2.16. The lowest BCUT2D eigenvalue weighted by Crippen LogP contribution is -2.23. The van der Waals surface area contributed by atoms with E-state index in [1.165, 1.54) is 18.2 Å². The predicted octanol–water partition coefficient (Wildman–Crippen LogP) is 3.85. The number of hydrogen-bond acceptors (Lipinski definition) is 2. The first-order valence-corrected chi connectivity index (χ1v) is 7.52. The van der Waals surface area contributed by atoms with Crippen LogP contribution in [0.3, 0.4) is 0 Å². The van der Waals surface area contributed by atoms with Gasteiger partial charge in [0.1, 0.15) is 5.82 Å². The molecular formula is C19H16FNO2. The van der Waals surface area contributed by atoms with Crippen molar-refractivity contribution >= 4 is 23.5 Å². The second-order valence-electron chi connectivity index (χ2n) is 5.42. The molecule has 0 N–H and O–H groups in total. The summed E-state index contributed by atoms with van der Waals surface area (Å²) in [6, 6.07) is 13.3. The molecule has 2 aromatic rings. The van der Waals surface area contributed by atoms with Gasteiger partial charge < -0.3 is 4.90 Å². The Morgan fingerprint density at radius 1 is 1.13 bits per heavy atom. The average molecular weight is 309 g/mol. The normalized spacial score (nSPS) is 14.7. The number of hydrogen-bond donors (Lipinski definition) is 0. The summed E-state index contributed by atoms with van der Waals surface area (Å²) in [5, 5.41) is 0. The molecule has 1 amide bonds. The van der Waals surface area contributed by atoms with Gasteiger partial charge in [-0.25, -0.2) is 4.39 Å². The molecule has 3 nitrogen and oxygen atoms in total. The fourth-order valence-electron chi connectivity index (χ4n) is 2.62. The minimum atomic E-state index is -0.368. The van der Waals surface area contributed by atoms with Gasteiger partial charge in [-0.3, -0.25) is 9.59 Å². The second kappa shape index (κ2) is 6.57. The standard InChI is InChI=1S/C19H16FNO2/c20-17-8-2-1-5-14(17)10-11-18(22)15-6-3-7-16(13-15)21-12-4-9-19(21)23/h1-3,5-8,10-11,13H,4,9,12H2. The van der Waals surface area contributed by atoms with Gasteiger partial charge >= 0.3 is 0 Å². The molecule has 0 bridgehead atoms. The lowest BCUT2D eigenvalue weighted by molar-refractivity contribution is -0.117. The number of carbonyl (C=O) groups excluding carboxylic acids is 2. The molecule has 23 heavy (non-hydrogen) atoms. The zero-order chi connectivity index (χ0) is 16.2. The highest BCUT2D eigenvalue weighted by Gasteiger charge is 2.22. The monoisotopic (exact) mass is 309 g/mol. The van der Waals surface area contributed by atoms with Gasteiger partial charge in [0.2, 0.25) is 5.91 Å². The highest BCUT2D eigenvalue weighted by Crippen LogP contribution is 2.22. The number of nitrogens with zero attached hydrogens (tertiary/aromatic N) is 1. The molecule has 4 heteroatoms. The molecule has 0 atom stereocenters. The number of allylic oxidation sites excluding steroid dienone is 1. The van der Waals surface area contributed by atoms with Crippen LogP contribution in [0.2, 0.25) is 0 Å². The van der Waals surface area contributed by atoms with Gasteiger partial charge in [0, 0.05) is 29.8 Å². The van der Waals surface area contributed by atoms with E-state index in [0.29, 0.717) is 24.1 Å². The first-order chi connectivity index (χ1) is 11.1. The molecule has 1 heterocycles. The molecule has 116 valence electrons. The number of carbonyl (C=O) groups is 2. The number of halogens is 1. The molecule has 1 saturated heterocycles. The van der Waals surface area contributed by atoms with E-state index in [9.17, 15) is 14.0 Å². The summed E-state index contributed by atoms with van der Waals surface area (Å²) >= 11 is 0. The minimum Gasteiger partial charge on any atom is -0.312 e. The van der Waals surface area contributed by atoms with Crippen LogP contribution in [0.1, 0.15) is 28.8 Å². The first-order valence-electron chi connectivity index (χ1n) is 7.52. The van der Waals surface area contributed by atoms with Crippen molar-refractivity contribution in [2.75, 3.05) is 11.4 Å². The maximum absolute atomic E-state index is 13.5. The highest BCUT2D eigenvalue weighted by atomic mass is 19.1. The van der Waals surface area contributed by atoms with Crippen LogP contribution in [-0.4, -0.2) is 18.2 Å². The van der Waals surface area contributed by atoms with Crippen molar-refractivity contribution < 1.29 is 14.0 Å². The fourth-order valence-corrected chi connectivity index (χ4v) is 2.62. The van der Waals surface area contributed by atoms with Crippen molar-refractivity contribution in [2.24, 2.45) is 0 Å². The van der Waals surface area contributed by atoms with Crippen molar-refractivity contribution in [2.45, 2.75) is 12.8 Å². The SMILES string of the molecule is O=C(C=Cc1ccccc1F)c1cccc(N2CCCC2=O)c1. The molecule has 3 rings (SSSR count). The van der Waals surface area contributed by atoms with E-state index in [1.54, 1.807) is 41.3 Å². The van der Waals surface area contributed by atoms with Crippen LogP contribution in [0.25, 0.3) is 6.08 Å². The zero-order valence-electron chi connectivity index (χ0n) is 12.5. The largest absolute Gasteiger partial charge is 0.312 e. The average Bonchev–Trinajstić information content (AvgIpc) is 3.00. The van der Waals surface area contributed by atoms with Crippen LogP contribution in [-0.2, 0) is 4.79 Å². The minimum absolute atomic E-state index is 0.0801. The first kappa shape index (κ1) is 15.2.